The molecule has 0 saturated carbocycles. The van der Waals surface area contributed by atoms with Gasteiger partial charge >= 0.3 is 0 Å². The molecule has 1 atom stereocenters. The first kappa shape index (κ1) is 14.1. The van der Waals surface area contributed by atoms with E-state index < -0.39 is 0 Å². The van der Waals surface area contributed by atoms with E-state index in [0.717, 1.165) is 22.6 Å². The second-order valence-corrected chi connectivity index (χ2v) is 4.98. The van der Waals surface area contributed by atoms with Crippen LogP contribution in [-0.4, -0.2) is 22.1 Å². The van der Waals surface area contributed by atoms with Gasteiger partial charge in [0, 0.05) is 23.5 Å². The molecular formula is C17H18N4O. The van der Waals surface area contributed by atoms with Crippen molar-refractivity contribution in [2.45, 2.75) is 13.0 Å². The highest BCUT2D eigenvalue weighted by atomic mass is 16.5. The van der Waals surface area contributed by atoms with Crippen LogP contribution < -0.4 is 10.1 Å². The Morgan fingerprint density at radius 3 is 2.77 bits per heavy atom. The monoisotopic (exact) mass is 294 g/mol. The van der Waals surface area contributed by atoms with Gasteiger partial charge < -0.3 is 15.0 Å². The van der Waals surface area contributed by atoms with Crippen molar-refractivity contribution < 1.29 is 4.74 Å². The van der Waals surface area contributed by atoms with E-state index in [4.69, 9.17) is 4.74 Å². The van der Waals surface area contributed by atoms with E-state index in [1.54, 1.807) is 13.4 Å². The van der Waals surface area contributed by atoms with Crippen LogP contribution >= 0.6 is 0 Å². The highest BCUT2D eigenvalue weighted by molar-refractivity contribution is 5.75. The molecule has 1 aromatic carbocycles. The van der Waals surface area contributed by atoms with Gasteiger partial charge in [0.2, 0.25) is 5.88 Å². The molecule has 0 fully saturated rings. The second-order valence-electron chi connectivity index (χ2n) is 4.98. The molecule has 1 unspecified atom stereocenters. The molecule has 0 saturated heterocycles. The Morgan fingerprint density at radius 1 is 1.14 bits per heavy atom. The Labute approximate surface area is 129 Å². The molecule has 2 aromatic heterocycles. The summed E-state index contributed by atoms with van der Waals surface area (Å²) in [7, 11) is 1.62. The van der Waals surface area contributed by atoms with E-state index in [9.17, 15) is 0 Å². The Balaban J connectivity index is 1.92. The maximum absolute atomic E-state index is 5.21. The van der Waals surface area contributed by atoms with E-state index in [0.29, 0.717) is 5.88 Å². The predicted octanol–water partition coefficient (Wildman–Crippen LogP) is 3.65. The van der Waals surface area contributed by atoms with Crippen LogP contribution in [0.15, 0.2) is 55.0 Å². The zero-order valence-corrected chi connectivity index (χ0v) is 12.6. The van der Waals surface area contributed by atoms with Crippen LogP contribution in [0.25, 0.3) is 11.3 Å². The summed E-state index contributed by atoms with van der Waals surface area (Å²) in [5.74, 6) is 0.605. The number of pyridine rings is 1. The van der Waals surface area contributed by atoms with Gasteiger partial charge in [-0.1, -0.05) is 24.3 Å². The molecule has 3 rings (SSSR count). The normalized spacial score (nSPS) is 11.9. The molecule has 112 valence electrons. The molecule has 2 heterocycles. The van der Waals surface area contributed by atoms with Gasteiger partial charge in [-0.15, -0.1) is 0 Å². The van der Waals surface area contributed by atoms with E-state index >= 15 is 0 Å². The SMILES string of the molecule is COc1cccc(-c2ccccc2NC(C)c2cnc[nH]2)n1. The largest absolute Gasteiger partial charge is 0.481 e. The number of nitrogens with one attached hydrogen (secondary N) is 2. The fourth-order valence-corrected chi connectivity index (χ4v) is 2.33. The number of ether oxygens (including phenoxy) is 1. The Bertz CT molecular complexity index is 740. The van der Waals surface area contributed by atoms with E-state index in [1.165, 1.54) is 0 Å². The maximum Gasteiger partial charge on any atom is 0.213 e. The minimum absolute atomic E-state index is 0.120. The molecule has 5 nitrogen and oxygen atoms in total. The first-order valence-electron chi connectivity index (χ1n) is 7.13. The van der Waals surface area contributed by atoms with Gasteiger partial charge in [0.25, 0.3) is 0 Å². The lowest BCUT2D eigenvalue weighted by Gasteiger charge is -2.17. The Morgan fingerprint density at radius 2 is 2.00 bits per heavy atom. The number of H-pyrrole nitrogens is 1. The van der Waals surface area contributed by atoms with Crippen LogP contribution in [0.2, 0.25) is 0 Å². The van der Waals surface area contributed by atoms with Gasteiger partial charge in [0.05, 0.1) is 30.9 Å². The van der Waals surface area contributed by atoms with Gasteiger partial charge in [0.15, 0.2) is 0 Å². The number of aromatic amines is 1. The lowest BCUT2D eigenvalue weighted by Crippen LogP contribution is -2.08. The number of hydrogen-bond donors (Lipinski definition) is 2. The molecule has 0 radical (unpaired) electrons. The van der Waals surface area contributed by atoms with Gasteiger partial charge in [-0.3, -0.25) is 0 Å². The lowest BCUT2D eigenvalue weighted by molar-refractivity contribution is 0.398. The highest BCUT2D eigenvalue weighted by Gasteiger charge is 2.11. The number of nitrogens with zero attached hydrogens (tertiary/aromatic N) is 2. The molecular weight excluding hydrogens is 276 g/mol. The zero-order valence-electron chi connectivity index (χ0n) is 12.6. The first-order valence-corrected chi connectivity index (χ1v) is 7.13. The predicted molar refractivity (Wildman–Crippen MR) is 86.9 cm³/mol. The lowest BCUT2D eigenvalue weighted by atomic mass is 10.1. The standard InChI is InChI=1S/C17H18N4O/c1-12(16-10-18-11-19-16)20-14-7-4-3-6-13(14)15-8-5-9-17(21-15)22-2/h3-12,20H,1-2H3,(H,18,19). The van der Waals surface area contributed by atoms with Crippen molar-refractivity contribution in [1.29, 1.82) is 0 Å². The molecule has 2 N–H and O–H groups in total. The average molecular weight is 294 g/mol. The fraction of sp³-hybridized carbons (Fsp3) is 0.176. The van der Waals surface area contributed by atoms with Gasteiger partial charge in [-0.25, -0.2) is 9.97 Å². The molecule has 0 amide bonds. The quantitative estimate of drug-likeness (QED) is 0.754. The maximum atomic E-state index is 5.21. The van der Waals surface area contributed by atoms with Gasteiger partial charge in [-0.2, -0.15) is 0 Å². The number of hydrogen-bond acceptors (Lipinski definition) is 4. The minimum atomic E-state index is 0.120. The number of rotatable bonds is 5. The third-order valence-corrected chi connectivity index (χ3v) is 3.49. The van der Waals surface area contributed by atoms with Crippen molar-refractivity contribution in [2.75, 3.05) is 12.4 Å². The average Bonchev–Trinajstić information content (AvgIpc) is 3.10. The second kappa shape index (κ2) is 6.30. The molecule has 3 aromatic rings. The summed E-state index contributed by atoms with van der Waals surface area (Å²) in [5, 5.41) is 3.50. The van der Waals surface area contributed by atoms with Crippen molar-refractivity contribution in [3.05, 3.63) is 60.7 Å². The Hall–Kier alpha value is -2.82. The highest BCUT2D eigenvalue weighted by Crippen LogP contribution is 2.29. The fourth-order valence-electron chi connectivity index (χ4n) is 2.33. The summed E-state index contributed by atoms with van der Waals surface area (Å²) in [5.41, 5.74) is 3.96. The summed E-state index contributed by atoms with van der Waals surface area (Å²) >= 11 is 0. The van der Waals surface area contributed by atoms with Crippen molar-refractivity contribution in [3.8, 4) is 17.1 Å². The summed E-state index contributed by atoms with van der Waals surface area (Å²) in [6, 6.07) is 14.0. The molecule has 0 bridgehead atoms. The van der Waals surface area contributed by atoms with Gasteiger partial charge in [0.1, 0.15) is 0 Å². The number of methoxy groups -OCH3 is 1. The summed E-state index contributed by atoms with van der Waals surface area (Å²) in [6.07, 6.45) is 3.51. The molecule has 0 aliphatic heterocycles. The van der Waals surface area contributed by atoms with Crippen molar-refractivity contribution in [2.24, 2.45) is 0 Å². The minimum Gasteiger partial charge on any atom is -0.481 e. The topological polar surface area (TPSA) is 62.8 Å². The van der Waals surface area contributed by atoms with Crippen molar-refractivity contribution in [1.82, 2.24) is 15.0 Å². The molecule has 0 aliphatic carbocycles. The third kappa shape index (κ3) is 2.93. The van der Waals surface area contributed by atoms with Crippen LogP contribution in [0, 0.1) is 0 Å². The number of imidazole rings is 1. The summed E-state index contributed by atoms with van der Waals surface area (Å²) in [4.78, 5) is 11.7. The summed E-state index contributed by atoms with van der Waals surface area (Å²) in [6.45, 7) is 2.09. The van der Waals surface area contributed by atoms with Crippen LogP contribution in [0.1, 0.15) is 18.7 Å². The van der Waals surface area contributed by atoms with Crippen LogP contribution in [0.4, 0.5) is 5.69 Å². The molecule has 0 spiro atoms. The van der Waals surface area contributed by atoms with Crippen molar-refractivity contribution in [3.63, 3.8) is 0 Å². The summed E-state index contributed by atoms with van der Waals surface area (Å²) < 4.78 is 5.21. The first-order chi connectivity index (χ1) is 10.8. The van der Waals surface area contributed by atoms with Gasteiger partial charge in [-0.05, 0) is 19.1 Å². The van der Waals surface area contributed by atoms with Crippen LogP contribution in [0.5, 0.6) is 5.88 Å². The van der Waals surface area contributed by atoms with Crippen molar-refractivity contribution >= 4 is 5.69 Å². The van der Waals surface area contributed by atoms with E-state index in [1.807, 2.05) is 48.7 Å². The number of aromatic nitrogens is 3. The van der Waals surface area contributed by atoms with Crippen LogP contribution in [-0.2, 0) is 0 Å². The third-order valence-electron chi connectivity index (χ3n) is 3.49. The number of anilines is 1. The number of benzene rings is 1. The smallest absolute Gasteiger partial charge is 0.213 e. The number of para-hydroxylation sites is 1. The van der Waals surface area contributed by atoms with E-state index in [2.05, 4.69) is 27.2 Å². The van der Waals surface area contributed by atoms with E-state index in [-0.39, 0.29) is 6.04 Å². The molecule has 5 heteroatoms. The Kier molecular flexibility index (Phi) is 4.05. The van der Waals surface area contributed by atoms with Crippen LogP contribution in [0.3, 0.4) is 0 Å². The molecule has 0 aliphatic rings. The molecule has 22 heavy (non-hydrogen) atoms. The zero-order chi connectivity index (χ0) is 15.4.